The van der Waals surface area contributed by atoms with Crippen LogP contribution in [0.25, 0.3) is 0 Å². The molecule has 3 heterocycles. The van der Waals surface area contributed by atoms with Crippen molar-refractivity contribution in [2.45, 2.75) is 76.4 Å². The molecule has 3 aliphatic rings. The molecule has 0 radical (unpaired) electrons. The number of nitrogens with one attached hydrogen (secondary N) is 1. The first-order valence-electron chi connectivity index (χ1n) is 16.2. The highest BCUT2D eigenvalue weighted by Crippen LogP contribution is 2.35. The van der Waals surface area contributed by atoms with E-state index >= 15 is 0 Å². The third-order valence-corrected chi connectivity index (χ3v) is 9.17. The van der Waals surface area contributed by atoms with Crippen LogP contribution >= 0.6 is 0 Å². The molecule has 0 bridgehead atoms. The van der Waals surface area contributed by atoms with Gasteiger partial charge in [-0.2, -0.15) is 13.2 Å². The molecule has 250 valence electrons. The monoisotopic (exact) mass is 644 g/mol. The standard InChI is InChI=1S/C34H43F3N4O5/c1-2-45-30(42)4-3-17-39-18-13-29(14-19-39)38-31(43)27-9-5-26(6-10-27)23-41-24-33(46-32(41)44)15-20-40(21-16-33)22-25-7-11-28(12-8-25)34(35,36)37/h5-12,29H,2-4,13-24H2,1H3,(H,38,43). The number of nitrogens with zero attached hydrogens (tertiary/aromatic N) is 3. The van der Waals surface area contributed by atoms with Gasteiger partial charge in [0.15, 0.2) is 0 Å². The Kier molecular flexibility index (Phi) is 10.9. The molecule has 9 nitrogen and oxygen atoms in total. The summed E-state index contributed by atoms with van der Waals surface area (Å²) in [4.78, 5) is 43.4. The second-order valence-electron chi connectivity index (χ2n) is 12.6. The number of halogens is 3. The lowest BCUT2D eigenvalue weighted by molar-refractivity contribution is -0.143. The number of piperidine rings is 2. The predicted molar refractivity (Wildman–Crippen MR) is 165 cm³/mol. The molecule has 1 spiro atoms. The third-order valence-electron chi connectivity index (χ3n) is 9.17. The average molecular weight is 645 g/mol. The van der Waals surface area contributed by atoms with E-state index in [0.717, 1.165) is 62.2 Å². The fourth-order valence-corrected chi connectivity index (χ4v) is 6.48. The van der Waals surface area contributed by atoms with E-state index in [1.54, 1.807) is 24.0 Å². The van der Waals surface area contributed by atoms with Crippen molar-refractivity contribution in [1.82, 2.24) is 20.0 Å². The van der Waals surface area contributed by atoms with Crippen molar-refractivity contribution >= 4 is 18.0 Å². The summed E-state index contributed by atoms with van der Waals surface area (Å²) in [7, 11) is 0. The topological polar surface area (TPSA) is 91.4 Å². The Morgan fingerprint density at radius 3 is 2.20 bits per heavy atom. The summed E-state index contributed by atoms with van der Waals surface area (Å²) in [6, 6.07) is 12.7. The average Bonchev–Trinajstić information content (AvgIpc) is 3.33. The maximum atomic E-state index is 12.9. The van der Waals surface area contributed by atoms with E-state index in [0.29, 0.717) is 64.2 Å². The zero-order valence-electron chi connectivity index (χ0n) is 26.3. The highest BCUT2D eigenvalue weighted by molar-refractivity contribution is 5.94. The van der Waals surface area contributed by atoms with Gasteiger partial charge in [0.25, 0.3) is 5.91 Å². The van der Waals surface area contributed by atoms with Gasteiger partial charge in [0.05, 0.1) is 18.7 Å². The Morgan fingerprint density at radius 1 is 0.935 bits per heavy atom. The van der Waals surface area contributed by atoms with Gasteiger partial charge in [0, 0.05) is 70.1 Å². The first-order chi connectivity index (χ1) is 22.0. The molecule has 2 aromatic carbocycles. The van der Waals surface area contributed by atoms with Gasteiger partial charge < -0.3 is 19.7 Å². The van der Waals surface area contributed by atoms with Gasteiger partial charge in [-0.15, -0.1) is 0 Å². The summed E-state index contributed by atoms with van der Waals surface area (Å²) in [5.74, 6) is -0.273. The number of rotatable bonds is 11. The summed E-state index contributed by atoms with van der Waals surface area (Å²) in [6.07, 6.45) is -0.487. The maximum absolute atomic E-state index is 12.9. The summed E-state index contributed by atoms with van der Waals surface area (Å²) in [5.41, 5.74) is 1.07. The highest BCUT2D eigenvalue weighted by Gasteiger charge is 2.46. The van der Waals surface area contributed by atoms with Gasteiger partial charge in [-0.1, -0.05) is 24.3 Å². The minimum Gasteiger partial charge on any atom is -0.466 e. The van der Waals surface area contributed by atoms with E-state index < -0.39 is 17.3 Å². The van der Waals surface area contributed by atoms with Crippen LogP contribution in [0.15, 0.2) is 48.5 Å². The SMILES string of the molecule is CCOC(=O)CCCN1CCC(NC(=O)c2ccc(CN3CC4(CCN(Cc5ccc(C(F)(F)F)cc5)CC4)OC3=O)cc2)CC1. The molecule has 2 amide bonds. The minimum atomic E-state index is -4.35. The number of hydrogen-bond donors (Lipinski definition) is 1. The minimum absolute atomic E-state index is 0.102. The normalized spacial score (nSPS) is 19.3. The largest absolute Gasteiger partial charge is 0.466 e. The molecule has 3 fully saturated rings. The number of likely N-dealkylation sites (tertiary alicyclic amines) is 2. The van der Waals surface area contributed by atoms with Crippen molar-refractivity contribution in [2.24, 2.45) is 0 Å². The van der Waals surface area contributed by atoms with Crippen LogP contribution in [0.2, 0.25) is 0 Å². The van der Waals surface area contributed by atoms with Crippen LogP contribution < -0.4 is 5.32 Å². The second kappa shape index (κ2) is 14.8. The molecule has 0 atom stereocenters. The van der Waals surface area contributed by atoms with Crippen molar-refractivity contribution < 1.29 is 37.0 Å². The van der Waals surface area contributed by atoms with E-state index in [1.165, 1.54) is 12.1 Å². The predicted octanol–water partition coefficient (Wildman–Crippen LogP) is 5.23. The van der Waals surface area contributed by atoms with E-state index in [9.17, 15) is 27.6 Å². The van der Waals surface area contributed by atoms with Gasteiger partial charge >= 0.3 is 18.2 Å². The molecule has 0 aromatic heterocycles. The molecule has 46 heavy (non-hydrogen) atoms. The maximum Gasteiger partial charge on any atom is 0.416 e. The molecule has 3 aliphatic heterocycles. The number of benzene rings is 2. The zero-order chi connectivity index (χ0) is 32.7. The number of alkyl halides is 3. The zero-order valence-corrected chi connectivity index (χ0v) is 26.3. The van der Waals surface area contributed by atoms with Crippen molar-refractivity contribution in [1.29, 1.82) is 0 Å². The first-order valence-corrected chi connectivity index (χ1v) is 16.2. The quantitative estimate of drug-likeness (QED) is 0.335. The van der Waals surface area contributed by atoms with Crippen LogP contribution in [0, 0.1) is 0 Å². The Hall–Kier alpha value is -3.64. The van der Waals surface area contributed by atoms with Gasteiger partial charge in [-0.3, -0.25) is 19.4 Å². The highest BCUT2D eigenvalue weighted by atomic mass is 19.4. The molecule has 5 rings (SSSR count). The summed E-state index contributed by atoms with van der Waals surface area (Å²) >= 11 is 0. The lowest BCUT2D eigenvalue weighted by atomic mass is 9.91. The fourth-order valence-electron chi connectivity index (χ4n) is 6.48. The Balaban J connectivity index is 1.03. The van der Waals surface area contributed by atoms with E-state index in [2.05, 4.69) is 15.1 Å². The first kappa shape index (κ1) is 33.7. The third kappa shape index (κ3) is 9.00. The number of ether oxygens (including phenoxy) is 2. The molecule has 0 aliphatic carbocycles. The van der Waals surface area contributed by atoms with Crippen LogP contribution in [0.5, 0.6) is 0 Å². The van der Waals surface area contributed by atoms with Crippen LogP contribution in [-0.4, -0.2) is 90.2 Å². The van der Waals surface area contributed by atoms with E-state index in [4.69, 9.17) is 9.47 Å². The number of amides is 2. The summed E-state index contributed by atoms with van der Waals surface area (Å²) in [5, 5.41) is 3.14. The van der Waals surface area contributed by atoms with Crippen LogP contribution in [0.1, 0.15) is 72.5 Å². The van der Waals surface area contributed by atoms with Gasteiger partial charge in [0.1, 0.15) is 5.60 Å². The van der Waals surface area contributed by atoms with Crippen molar-refractivity contribution in [3.05, 3.63) is 70.8 Å². The van der Waals surface area contributed by atoms with Gasteiger partial charge in [-0.05, 0) is 68.1 Å². The molecule has 3 saturated heterocycles. The van der Waals surface area contributed by atoms with Gasteiger partial charge in [-0.25, -0.2) is 4.79 Å². The van der Waals surface area contributed by atoms with Crippen molar-refractivity contribution in [3.63, 3.8) is 0 Å². The number of esters is 1. The van der Waals surface area contributed by atoms with Crippen LogP contribution in [-0.2, 0) is 33.5 Å². The number of hydrogen-bond acceptors (Lipinski definition) is 7. The van der Waals surface area contributed by atoms with E-state index in [-0.39, 0.29) is 24.0 Å². The molecule has 0 saturated carbocycles. The van der Waals surface area contributed by atoms with Crippen molar-refractivity contribution in [2.75, 3.05) is 45.9 Å². The van der Waals surface area contributed by atoms with E-state index in [1.807, 2.05) is 12.1 Å². The smallest absolute Gasteiger partial charge is 0.416 e. The summed E-state index contributed by atoms with van der Waals surface area (Å²) in [6.45, 7) is 7.56. The Morgan fingerprint density at radius 2 is 1.57 bits per heavy atom. The lowest BCUT2D eigenvalue weighted by Gasteiger charge is -2.37. The molecule has 0 unspecified atom stereocenters. The molecule has 12 heteroatoms. The summed E-state index contributed by atoms with van der Waals surface area (Å²) < 4.78 is 49.4. The number of carbonyl (C=O) groups is 3. The molecule has 2 aromatic rings. The number of carbonyl (C=O) groups excluding carboxylic acids is 3. The van der Waals surface area contributed by atoms with Crippen LogP contribution in [0.4, 0.5) is 18.0 Å². The fraction of sp³-hybridized carbons (Fsp3) is 0.559. The molecular weight excluding hydrogens is 601 g/mol. The van der Waals surface area contributed by atoms with Gasteiger partial charge in [0.2, 0.25) is 0 Å². The van der Waals surface area contributed by atoms with Crippen LogP contribution in [0.3, 0.4) is 0 Å². The molecular formula is C34H43F3N4O5. The Labute approximate surface area is 268 Å². The second-order valence-corrected chi connectivity index (χ2v) is 12.6. The van der Waals surface area contributed by atoms with Crippen molar-refractivity contribution in [3.8, 4) is 0 Å². The lowest BCUT2D eigenvalue weighted by Crippen LogP contribution is -2.46. The Bertz CT molecular complexity index is 1340. The molecule has 1 N–H and O–H groups in total.